The summed E-state index contributed by atoms with van der Waals surface area (Å²) in [7, 11) is 0. The van der Waals surface area contributed by atoms with Crippen molar-refractivity contribution < 1.29 is 19.1 Å². The van der Waals surface area contributed by atoms with Gasteiger partial charge < -0.3 is 9.47 Å². The molecule has 0 N–H and O–H groups in total. The van der Waals surface area contributed by atoms with E-state index in [-0.39, 0.29) is 17.3 Å². The minimum Gasteiger partial charge on any atom is -0.422 e. The number of hydrogen-bond acceptors (Lipinski definition) is 6. The SMILES string of the molecule is Cc1ccc2c(Cl)c(C(=O)Oc3ccccc3/C=C3/N=C(c4ccc(Br)cc4)OC3=O)sc2c1. The van der Waals surface area contributed by atoms with Crippen LogP contribution in [0.25, 0.3) is 16.2 Å². The minimum atomic E-state index is -0.582. The van der Waals surface area contributed by atoms with E-state index in [1.165, 1.54) is 17.4 Å². The zero-order chi connectivity index (χ0) is 23.8. The fourth-order valence-electron chi connectivity index (χ4n) is 3.42. The highest BCUT2D eigenvalue weighted by Gasteiger charge is 2.25. The van der Waals surface area contributed by atoms with Crippen LogP contribution >= 0.6 is 38.9 Å². The number of aliphatic imine (C=N–C) groups is 1. The summed E-state index contributed by atoms with van der Waals surface area (Å²) in [6.07, 6.45) is 1.53. The van der Waals surface area contributed by atoms with Gasteiger partial charge in [0.15, 0.2) is 5.70 Å². The third-order valence-electron chi connectivity index (χ3n) is 5.10. The largest absolute Gasteiger partial charge is 0.422 e. The van der Waals surface area contributed by atoms with Gasteiger partial charge >= 0.3 is 11.9 Å². The summed E-state index contributed by atoms with van der Waals surface area (Å²) in [5.74, 6) is -0.653. The molecule has 0 aliphatic carbocycles. The van der Waals surface area contributed by atoms with Crippen molar-refractivity contribution in [2.45, 2.75) is 6.92 Å². The summed E-state index contributed by atoms with van der Waals surface area (Å²) in [6, 6.07) is 20.0. The second kappa shape index (κ2) is 9.18. The van der Waals surface area contributed by atoms with Crippen LogP contribution in [0.3, 0.4) is 0 Å². The molecule has 0 saturated carbocycles. The van der Waals surface area contributed by atoms with E-state index in [2.05, 4.69) is 20.9 Å². The summed E-state index contributed by atoms with van der Waals surface area (Å²) in [4.78, 5) is 30.0. The number of hydrogen-bond donors (Lipinski definition) is 0. The number of cyclic esters (lactones) is 1. The Balaban J connectivity index is 1.44. The number of aryl methyl sites for hydroxylation is 1. The van der Waals surface area contributed by atoms with E-state index in [9.17, 15) is 9.59 Å². The average Bonchev–Trinajstić information content (AvgIpc) is 3.35. The molecule has 34 heavy (non-hydrogen) atoms. The van der Waals surface area contributed by atoms with Gasteiger partial charge in [-0.2, -0.15) is 0 Å². The molecule has 3 aromatic carbocycles. The molecule has 5 rings (SSSR count). The maximum atomic E-state index is 13.0. The normalized spacial score (nSPS) is 14.4. The molecule has 0 fully saturated rings. The van der Waals surface area contributed by atoms with E-state index in [1.54, 1.807) is 36.4 Å². The lowest BCUT2D eigenvalue weighted by Crippen LogP contribution is -2.08. The van der Waals surface area contributed by atoms with Crippen LogP contribution in [0.15, 0.2) is 81.9 Å². The van der Waals surface area contributed by atoms with Gasteiger partial charge in [0, 0.05) is 25.7 Å². The number of rotatable bonds is 4. The maximum absolute atomic E-state index is 13.0. The standard InChI is InChI=1S/C26H15BrClNO4S/c1-14-6-11-18-21(12-14)34-23(22(18)28)26(31)32-20-5-3-2-4-16(20)13-19-25(30)33-24(29-19)15-7-9-17(27)10-8-15/h2-13H,1H3/b19-13+. The fraction of sp³-hybridized carbons (Fsp3) is 0.0385. The Morgan fingerprint density at radius 2 is 1.88 bits per heavy atom. The molecule has 0 unspecified atom stereocenters. The highest BCUT2D eigenvalue weighted by atomic mass is 79.9. The summed E-state index contributed by atoms with van der Waals surface area (Å²) in [5, 5.41) is 1.17. The number of esters is 2. The summed E-state index contributed by atoms with van der Waals surface area (Å²) in [6.45, 7) is 1.98. The number of fused-ring (bicyclic) bond motifs is 1. The smallest absolute Gasteiger partial charge is 0.363 e. The van der Waals surface area contributed by atoms with E-state index in [0.29, 0.717) is 21.0 Å². The van der Waals surface area contributed by atoms with E-state index < -0.39 is 11.9 Å². The van der Waals surface area contributed by atoms with Crippen LogP contribution in [-0.2, 0) is 9.53 Å². The van der Waals surface area contributed by atoms with Crippen LogP contribution in [0.5, 0.6) is 5.75 Å². The zero-order valence-corrected chi connectivity index (χ0v) is 20.8. The molecule has 8 heteroatoms. The van der Waals surface area contributed by atoms with Gasteiger partial charge in [-0.3, -0.25) is 0 Å². The second-order valence-corrected chi connectivity index (χ2v) is 9.86. The van der Waals surface area contributed by atoms with Crippen LogP contribution in [0.4, 0.5) is 0 Å². The topological polar surface area (TPSA) is 65.0 Å². The molecule has 0 atom stereocenters. The monoisotopic (exact) mass is 551 g/mol. The van der Waals surface area contributed by atoms with Gasteiger partial charge in [-0.1, -0.05) is 57.9 Å². The molecule has 2 heterocycles. The average molecular weight is 553 g/mol. The van der Waals surface area contributed by atoms with Crippen molar-refractivity contribution in [3.05, 3.63) is 103 Å². The first-order valence-electron chi connectivity index (χ1n) is 10.2. The van der Waals surface area contributed by atoms with Gasteiger partial charge in [-0.25, -0.2) is 14.6 Å². The Hall–Kier alpha value is -3.26. The van der Waals surface area contributed by atoms with Crippen LogP contribution in [0.2, 0.25) is 5.02 Å². The predicted molar refractivity (Wildman–Crippen MR) is 138 cm³/mol. The predicted octanol–water partition coefficient (Wildman–Crippen LogP) is 7.19. The van der Waals surface area contributed by atoms with Crippen LogP contribution < -0.4 is 4.74 Å². The number of ether oxygens (including phenoxy) is 2. The van der Waals surface area contributed by atoms with Gasteiger partial charge in [0.25, 0.3) is 0 Å². The Morgan fingerprint density at radius 1 is 1.12 bits per heavy atom. The third kappa shape index (κ3) is 4.42. The van der Waals surface area contributed by atoms with Crippen molar-refractivity contribution in [3.8, 4) is 5.75 Å². The number of carbonyl (C=O) groups is 2. The third-order valence-corrected chi connectivity index (χ3v) is 7.26. The molecule has 168 valence electrons. The zero-order valence-electron chi connectivity index (χ0n) is 17.7. The van der Waals surface area contributed by atoms with Crippen LogP contribution in [0, 0.1) is 6.92 Å². The van der Waals surface area contributed by atoms with Crippen molar-refractivity contribution in [2.75, 3.05) is 0 Å². The Bertz CT molecular complexity index is 1520. The second-order valence-electron chi connectivity index (χ2n) is 7.52. The molecule has 0 spiro atoms. The van der Waals surface area contributed by atoms with Gasteiger partial charge in [-0.05, 0) is 55.0 Å². The Morgan fingerprint density at radius 3 is 2.68 bits per heavy atom. The lowest BCUT2D eigenvalue weighted by atomic mass is 10.1. The molecular formula is C26H15BrClNO4S. The molecule has 4 aromatic rings. The van der Waals surface area contributed by atoms with Crippen molar-refractivity contribution in [2.24, 2.45) is 4.99 Å². The van der Waals surface area contributed by atoms with Crippen molar-refractivity contribution >= 4 is 72.9 Å². The quantitative estimate of drug-likeness (QED) is 0.153. The van der Waals surface area contributed by atoms with E-state index >= 15 is 0 Å². The summed E-state index contributed by atoms with van der Waals surface area (Å²) >= 11 is 11.1. The Kier molecular flexibility index (Phi) is 6.08. The number of carbonyl (C=O) groups excluding carboxylic acids is 2. The Labute approximate surface area is 212 Å². The lowest BCUT2D eigenvalue weighted by Gasteiger charge is -2.07. The number of nitrogens with zero attached hydrogens (tertiary/aromatic N) is 1. The summed E-state index contributed by atoms with van der Waals surface area (Å²) < 4.78 is 12.8. The van der Waals surface area contributed by atoms with Gasteiger partial charge in [0.1, 0.15) is 10.6 Å². The molecule has 1 aliphatic heterocycles. The molecular weight excluding hydrogens is 538 g/mol. The van der Waals surface area contributed by atoms with Crippen molar-refractivity contribution in [1.29, 1.82) is 0 Å². The number of para-hydroxylation sites is 1. The van der Waals surface area contributed by atoms with E-state index in [1.807, 2.05) is 37.3 Å². The van der Waals surface area contributed by atoms with Crippen molar-refractivity contribution in [1.82, 2.24) is 0 Å². The highest BCUT2D eigenvalue weighted by Crippen LogP contribution is 2.37. The van der Waals surface area contributed by atoms with E-state index in [4.69, 9.17) is 21.1 Å². The minimum absolute atomic E-state index is 0.108. The molecule has 0 saturated heterocycles. The van der Waals surface area contributed by atoms with Crippen LogP contribution in [0.1, 0.15) is 26.4 Å². The molecule has 0 amide bonds. The summed E-state index contributed by atoms with van der Waals surface area (Å²) in [5.41, 5.74) is 2.37. The first-order valence-corrected chi connectivity index (χ1v) is 12.2. The first-order chi connectivity index (χ1) is 16.4. The fourth-order valence-corrected chi connectivity index (χ4v) is 5.16. The van der Waals surface area contributed by atoms with Gasteiger partial charge in [0.05, 0.1) is 5.02 Å². The molecule has 0 radical (unpaired) electrons. The number of thiophene rings is 1. The van der Waals surface area contributed by atoms with Crippen LogP contribution in [-0.4, -0.2) is 17.8 Å². The highest BCUT2D eigenvalue weighted by molar-refractivity contribution is 9.10. The first kappa shape index (κ1) is 22.5. The number of halogens is 2. The van der Waals surface area contributed by atoms with Gasteiger partial charge in [0.2, 0.25) is 5.90 Å². The van der Waals surface area contributed by atoms with Crippen molar-refractivity contribution in [3.63, 3.8) is 0 Å². The van der Waals surface area contributed by atoms with Gasteiger partial charge in [-0.15, -0.1) is 11.3 Å². The lowest BCUT2D eigenvalue weighted by molar-refractivity contribution is -0.129. The molecule has 5 nitrogen and oxygen atoms in total. The molecule has 0 bridgehead atoms. The molecule has 1 aliphatic rings. The van der Waals surface area contributed by atoms with E-state index in [0.717, 1.165) is 20.1 Å². The number of benzene rings is 3. The molecule has 1 aromatic heterocycles. The maximum Gasteiger partial charge on any atom is 0.363 e.